The van der Waals surface area contributed by atoms with Gasteiger partial charge in [0.05, 0.1) is 0 Å². The van der Waals surface area contributed by atoms with Gasteiger partial charge in [-0.1, -0.05) is 48.0 Å². The summed E-state index contributed by atoms with van der Waals surface area (Å²) >= 11 is 0. The standard InChI is InChI=1S/C16H18O2/c1-13-8-10-15(11-9-13)18-12-16(2,17)14-6-4-3-5-7-14/h3-11,17H,12H2,1-2H3. The monoisotopic (exact) mass is 242 g/mol. The number of aliphatic hydroxyl groups is 1. The molecule has 0 heterocycles. The molecule has 2 rings (SSSR count). The molecule has 0 aromatic heterocycles. The summed E-state index contributed by atoms with van der Waals surface area (Å²) < 4.78 is 5.63. The number of aryl methyl sites for hydroxylation is 1. The Balaban J connectivity index is 2.03. The van der Waals surface area contributed by atoms with E-state index in [0.717, 1.165) is 11.3 Å². The summed E-state index contributed by atoms with van der Waals surface area (Å²) in [7, 11) is 0. The highest BCUT2D eigenvalue weighted by Gasteiger charge is 2.23. The zero-order valence-electron chi connectivity index (χ0n) is 10.8. The van der Waals surface area contributed by atoms with Crippen molar-refractivity contribution in [3.63, 3.8) is 0 Å². The molecule has 1 N–H and O–H groups in total. The lowest BCUT2D eigenvalue weighted by atomic mass is 9.97. The number of ether oxygens (including phenoxy) is 1. The molecule has 0 aliphatic heterocycles. The first-order valence-electron chi connectivity index (χ1n) is 6.05. The van der Waals surface area contributed by atoms with Crippen molar-refractivity contribution in [2.75, 3.05) is 6.61 Å². The maximum absolute atomic E-state index is 10.4. The topological polar surface area (TPSA) is 29.5 Å². The van der Waals surface area contributed by atoms with Crippen molar-refractivity contribution in [3.05, 3.63) is 65.7 Å². The van der Waals surface area contributed by atoms with E-state index in [1.807, 2.05) is 61.5 Å². The van der Waals surface area contributed by atoms with Crippen LogP contribution in [0, 0.1) is 6.92 Å². The maximum atomic E-state index is 10.4. The van der Waals surface area contributed by atoms with Gasteiger partial charge in [-0.05, 0) is 31.5 Å². The average molecular weight is 242 g/mol. The summed E-state index contributed by atoms with van der Waals surface area (Å²) in [5, 5.41) is 10.4. The molecule has 0 fully saturated rings. The fourth-order valence-corrected chi connectivity index (χ4v) is 1.74. The van der Waals surface area contributed by atoms with E-state index in [-0.39, 0.29) is 6.61 Å². The maximum Gasteiger partial charge on any atom is 0.121 e. The quantitative estimate of drug-likeness (QED) is 0.891. The highest BCUT2D eigenvalue weighted by Crippen LogP contribution is 2.22. The zero-order valence-corrected chi connectivity index (χ0v) is 10.8. The van der Waals surface area contributed by atoms with Crippen molar-refractivity contribution in [2.45, 2.75) is 19.4 Å². The molecular formula is C16H18O2. The van der Waals surface area contributed by atoms with Gasteiger partial charge < -0.3 is 9.84 Å². The third kappa shape index (κ3) is 3.11. The zero-order chi connectivity index (χ0) is 13.0. The van der Waals surface area contributed by atoms with E-state index in [9.17, 15) is 5.11 Å². The fraction of sp³-hybridized carbons (Fsp3) is 0.250. The van der Waals surface area contributed by atoms with E-state index >= 15 is 0 Å². The van der Waals surface area contributed by atoms with Gasteiger partial charge >= 0.3 is 0 Å². The van der Waals surface area contributed by atoms with E-state index in [4.69, 9.17) is 4.74 Å². The van der Waals surface area contributed by atoms with Crippen molar-refractivity contribution in [1.82, 2.24) is 0 Å². The van der Waals surface area contributed by atoms with Gasteiger partial charge in [0.15, 0.2) is 0 Å². The van der Waals surface area contributed by atoms with E-state index in [1.54, 1.807) is 6.92 Å². The molecular weight excluding hydrogens is 224 g/mol. The summed E-state index contributed by atoms with van der Waals surface area (Å²) in [5.41, 5.74) is 1.07. The number of hydrogen-bond acceptors (Lipinski definition) is 2. The van der Waals surface area contributed by atoms with Crippen molar-refractivity contribution in [2.24, 2.45) is 0 Å². The van der Waals surface area contributed by atoms with Crippen LogP contribution in [0.1, 0.15) is 18.1 Å². The van der Waals surface area contributed by atoms with Crippen molar-refractivity contribution in [3.8, 4) is 5.75 Å². The molecule has 0 saturated heterocycles. The van der Waals surface area contributed by atoms with Crippen LogP contribution >= 0.6 is 0 Å². The molecule has 18 heavy (non-hydrogen) atoms. The predicted molar refractivity (Wildman–Crippen MR) is 72.7 cm³/mol. The van der Waals surface area contributed by atoms with Gasteiger partial charge in [0.1, 0.15) is 18.0 Å². The molecule has 2 nitrogen and oxygen atoms in total. The van der Waals surface area contributed by atoms with Crippen molar-refractivity contribution < 1.29 is 9.84 Å². The average Bonchev–Trinajstić information content (AvgIpc) is 2.39. The first kappa shape index (κ1) is 12.7. The normalized spacial score (nSPS) is 13.9. The Kier molecular flexibility index (Phi) is 3.68. The minimum absolute atomic E-state index is 0.236. The van der Waals surface area contributed by atoms with Gasteiger partial charge in [-0.3, -0.25) is 0 Å². The molecule has 2 aromatic carbocycles. The summed E-state index contributed by atoms with van der Waals surface area (Å²) in [6.45, 7) is 4.03. The highest BCUT2D eigenvalue weighted by atomic mass is 16.5. The molecule has 94 valence electrons. The Morgan fingerprint density at radius 1 is 1.00 bits per heavy atom. The Morgan fingerprint density at radius 3 is 2.22 bits per heavy atom. The molecule has 0 spiro atoms. The van der Waals surface area contributed by atoms with Gasteiger partial charge in [0.25, 0.3) is 0 Å². The van der Waals surface area contributed by atoms with Crippen molar-refractivity contribution in [1.29, 1.82) is 0 Å². The molecule has 0 radical (unpaired) electrons. The Labute approximate surface area is 108 Å². The summed E-state index contributed by atoms with van der Waals surface area (Å²) in [5.74, 6) is 0.775. The van der Waals surface area contributed by atoms with Gasteiger partial charge in [-0.25, -0.2) is 0 Å². The Bertz CT molecular complexity index is 486. The summed E-state index contributed by atoms with van der Waals surface area (Å²) in [6.07, 6.45) is 0. The fourth-order valence-electron chi connectivity index (χ4n) is 1.74. The molecule has 0 aliphatic carbocycles. The van der Waals surface area contributed by atoms with E-state index in [2.05, 4.69) is 0 Å². The summed E-state index contributed by atoms with van der Waals surface area (Å²) in [6, 6.07) is 17.4. The number of hydrogen-bond donors (Lipinski definition) is 1. The van der Waals surface area contributed by atoms with Crippen molar-refractivity contribution >= 4 is 0 Å². The largest absolute Gasteiger partial charge is 0.490 e. The second kappa shape index (κ2) is 5.23. The summed E-state index contributed by atoms with van der Waals surface area (Å²) in [4.78, 5) is 0. The third-order valence-electron chi connectivity index (χ3n) is 2.94. The number of benzene rings is 2. The van der Waals surface area contributed by atoms with Crippen LogP contribution in [0.15, 0.2) is 54.6 Å². The third-order valence-corrected chi connectivity index (χ3v) is 2.94. The first-order valence-corrected chi connectivity index (χ1v) is 6.05. The second-order valence-electron chi connectivity index (χ2n) is 4.74. The Hall–Kier alpha value is -1.80. The minimum atomic E-state index is -0.980. The lowest BCUT2D eigenvalue weighted by Gasteiger charge is -2.24. The SMILES string of the molecule is Cc1ccc(OCC(C)(O)c2ccccc2)cc1. The van der Waals surface area contributed by atoms with Gasteiger partial charge in [0.2, 0.25) is 0 Å². The highest BCUT2D eigenvalue weighted by molar-refractivity contribution is 5.27. The van der Waals surface area contributed by atoms with Crippen LogP contribution in [0.2, 0.25) is 0 Å². The lowest BCUT2D eigenvalue weighted by Crippen LogP contribution is -2.29. The van der Waals surface area contributed by atoms with Crippen LogP contribution in [0.5, 0.6) is 5.75 Å². The molecule has 1 unspecified atom stereocenters. The predicted octanol–water partition coefficient (Wildman–Crippen LogP) is 3.28. The van der Waals surface area contributed by atoms with Gasteiger partial charge in [-0.15, -0.1) is 0 Å². The van der Waals surface area contributed by atoms with Crippen LogP contribution in [0.25, 0.3) is 0 Å². The van der Waals surface area contributed by atoms with Gasteiger partial charge in [-0.2, -0.15) is 0 Å². The second-order valence-corrected chi connectivity index (χ2v) is 4.74. The van der Waals surface area contributed by atoms with Crippen LogP contribution in [-0.2, 0) is 5.60 Å². The minimum Gasteiger partial charge on any atom is -0.490 e. The molecule has 0 bridgehead atoms. The van der Waals surface area contributed by atoms with Crippen LogP contribution in [0.3, 0.4) is 0 Å². The van der Waals surface area contributed by atoms with E-state index in [1.165, 1.54) is 5.56 Å². The van der Waals surface area contributed by atoms with E-state index < -0.39 is 5.60 Å². The molecule has 0 aliphatic rings. The first-order chi connectivity index (χ1) is 8.58. The van der Waals surface area contributed by atoms with Crippen LogP contribution < -0.4 is 4.74 Å². The molecule has 0 saturated carbocycles. The smallest absolute Gasteiger partial charge is 0.121 e. The molecule has 2 aromatic rings. The van der Waals surface area contributed by atoms with Crippen LogP contribution in [-0.4, -0.2) is 11.7 Å². The molecule has 1 atom stereocenters. The van der Waals surface area contributed by atoms with Gasteiger partial charge in [0, 0.05) is 0 Å². The molecule has 0 amide bonds. The Morgan fingerprint density at radius 2 is 1.61 bits per heavy atom. The lowest BCUT2D eigenvalue weighted by molar-refractivity contribution is 0.00760. The van der Waals surface area contributed by atoms with E-state index in [0.29, 0.717) is 0 Å². The molecule has 2 heteroatoms. The number of rotatable bonds is 4. The van der Waals surface area contributed by atoms with Crippen LogP contribution in [0.4, 0.5) is 0 Å².